The molecular formula is C18H27BrN2. The lowest BCUT2D eigenvalue weighted by molar-refractivity contribution is 0.205. The van der Waals surface area contributed by atoms with E-state index in [0.717, 1.165) is 17.9 Å². The topological polar surface area (TPSA) is 15.3 Å². The maximum absolute atomic E-state index is 3.77. The molecule has 1 aliphatic carbocycles. The van der Waals surface area contributed by atoms with Crippen molar-refractivity contribution in [2.45, 2.75) is 44.1 Å². The van der Waals surface area contributed by atoms with Crippen LogP contribution in [-0.2, 0) is 0 Å². The number of halogens is 1. The molecule has 1 aliphatic heterocycles. The van der Waals surface area contributed by atoms with E-state index in [1.807, 2.05) is 0 Å². The molecule has 1 heterocycles. The van der Waals surface area contributed by atoms with Gasteiger partial charge in [0.2, 0.25) is 0 Å². The van der Waals surface area contributed by atoms with E-state index < -0.39 is 0 Å². The van der Waals surface area contributed by atoms with Crippen molar-refractivity contribution < 1.29 is 0 Å². The molecule has 0 unspecified atom stereocenters. The molecule has 1 aromatic rings. The molecule has 3 heteroatoms. The number of piperidine rings is 1. The van der Waals surface area contributed by atoms with Gasteiger partial charge < -0.3 is 10.2 Å². The Bertz CT molecular complexity index is 448. The third-order valence-corrected chi connectivity index (χ3v) is 5.78. The Kier molecular flexibility index (Phi) is 5.36. The van der Waals surface area contributed by atoms with E-state index in [9.17, 15) is 0 Å². The molecule has 0 amide bonds. The van der Waals surface area contributed by atoms with Gasteiger partial charge in [-0.2, -0.15) is 0 Å². The zero-order valence-electron chi connectivity index (χ0n) is 13.0. The van der Waals surface area contributed by atoms with Crippen LogP contribution in [0.3, 0.4) is 0 Å². The average molecular weight is 351 g/mol. The summed E-state index contributed by atoms with van der Waals surface area (Å²) in [4.78, 5) is 2.46. The van der Waals surface area contributed by atoms with Crippen molar-refractivity contribution in [3.05, 3.63) is 34.3 Å². The number of nitrogens with one attached hydrogen (secondary N) is 1. The summed E-state index contributed by atoms with van der Waals surface area (Å²) in [5.74, 6) is 1.72. The molecule has 0 bridgehead atoms. The third kappa shape index (κ3) is 4.30. The van der Waals surface area contributed by atoms with Crippen LogP contribution in [0.15, 0.2) is 28.7 Å². The summed E-state index contributed by atoms with van der Waals surface area (Å²) in [6.45, 7) is 3.79. The van der Waals surface area contributed by atoms with Crippen LogP contribution >= 0.6 is 15.9 Å². The molecule has 3 rings (SSSR count). The highest BCUT2D eigenvalue weighted by Crippen LogP contribution is 2.37. The van der Waals surface area contributed by atoms with Gasteiger partial charge >= 0.3 is 0 Å². The molecule has 0 spiro atoms. The van der Waals surface area contributed by atoms with E-state index in [2.05, 4.69) is 57.5 Å². The van der Waals surface area contributed by atoms with E-state index in [4.69, 9.17) is 0 Å². The van der Waals surface area contributed by atoms with E-state index >= 15 is 0 Å². The fourth-order valence-electron chi connectivity index (χ4n) is 3.66. The summed E-state index contributed by atoms with van der Waals surface area (Å²) < 4.78 is 1.21. The highest BCUT2D eigenvalue weighted by molar-refractivity contribution is 9.10. The molecule has 0 aromatic heterocycles. The van der Waals surface area contributed by atoms with Gasteiger partial charge in [0.1, 0.15) is 0 Å². The van der Waals surface area contributed by atoms with Crippen LogP contribution in [0.5, 0.6) is 0 Å². The molecule has 1 saturated carbocycles. The molecule has 2 fully saturated rings. The second-order valence-electron chi connectivity index (χ2n) is 6.91. The van der Waals surface area contributed by atoms with Crippen LogP contribution in [0.25, 0.3) is 0 Å². The first-order valence-electron chi connectivity index (χ1n) is 8.38. The van der Waals surface area contributed by atoms with Crippen molar-refractivity contribution in [2.75, 3.05) is 26.7 Å². The summed E-state index contributed by atoms with van der Waals surface area (Å²) >= 11 is 3.57. The van der Waals surface area contributed by atoms with Crippen molar-refractivity contribution in [3.63, 3.8) is 0 Å². The van der Waals surface area contributed by atoms with Crippen LogP contribution in [0, 0.1) is 5.92 Å². The van der Waals surface area contributed by atoms with Gasteiger partial charge in [0, 0.05) is 10.5 Å². The Morgan fingerprint density at radius 2 is 2.00 bits per heavy atom. The lowest BCUT2D eigenvalue weighted by Crippen LogP contribution is -2.41. The van der Waals surface area contributed by atoms with Crippen LogP contribution in [0.1, 0.15) is 43.6 Å². The SMILES string of the molecule is CN1CCC(CCNC2CC(c3cccc(Br)c3)C2)CC1. The zero-order valence-corrected chi connectivity index (χ0v) is 14.6. The molecule has 1 aromatic carbocycles. The summed E-state index contributed by atoms with van der Waals surface area (Å²) in [6.07, 6.45) is 6.77. The minimum atomic E-state index is 0.750. The quantitative estimate of drug-likeness (QED) is 0.862. The minimum absolute atomic E-state index is 0.750. The minimum Gasteiger partial charge on any atom is -0.314 e. The van der Waals surface area contributed by atoms with Crippen LogP contribution < -0.4 is 5.32 Å². The number of likely N-dealkylation sites (tertiary alicyclic amines) is 1. The molecule has 0 atom stereocenters. The zero-order chi connectivity index (χ0) is 14.7. The van der Waals surface area contributed by atoms with Crippen LogP contribution in [-0.4, -0.2) is 37.6 Å². The summed E-state index contributed by atoms with van der Waals surface area (Å²) in [5.41, 5.74) is 1.50. The van der Waals surface area contributed by atoms with Gasteiger partial charge in [-0.15, -0.1) is 0 Å². The Balaban J connectivity index is 1.32. The largest absolute Gasteiger partial charge is 0.314 e. The Hall–Kier alpha value is -0.380. The molecule has 116 valence electrons. The third-order valence-electron chi connectivity index (χ3n) is 5.28. The monoisotopic (exact) mass is 350 g/mol. The van der Waals surface area contributed by atoms with Crippen LogP contribution in [0.2, 0.25) is 0 Å². The number of nitrogens with zero attached hydrogens (tertiary/aromatic N) is 1. The lowest BCUT2D eigenvalue weighted by Gasteiger charge is -2.37. The molecule has 2 aliphatic rings. The van der Waals surface area contributed by atoms with E-state index in [0.29, 0.717) is 0 Å². The van der Waals surface area contributed by atoms with Gasteiger partial charge in [-0.05, 0) is 88.3 Å². The fourth-order valence-corrected chi connectivity index (χ4v) is 4.08. The Morgan fingerprint density at radius 3 is 2.71 bits per heavy atom. The molecule has 0 radical (unpaired) electrons. The smallest absolute Gasteiger partial charge is 0.0178 e. The van der Waals surface area contributed by atoms with Gasteiger partial charge in [-0.1, -0.05) is 28.1 Å². The molecule has 1 saturated heterocycles. The van der Waals surface area contributed by atoms with E-state index in [1.54, 1.807) is 0 Å². The second-order valence-corrected chi connectivity index (χ2v) is 7.83. The molecule has 21 heavy (non-hydrogen) atoms. The van der Waals surface area contributed by atoms with Crippen molar-refractivity contribution in [1.29, 1.82) is 0 Å². The molecule has 1 N–H and O–H groups in total. The van der Waals surface area contributed by atoms with Gasteiger partial charge in [0.05, 0.1) is 0 Å². The number of benzene rings is 1. The number of rotatable bonds is 5. The maximum Gasteiger partial charge on any atom is 0.0178 e. The van der Waals surface area contributed by atoms with Crippen molar-refractivity contribution >= 4 is 15.9 Å². The number of hydrogen-bond donors (Lipinski definition) is 1. The standard InChI is InChI=1S/C18H27BrN2/c1-21-9-6-14(7-10-21)5-8-20-18-12-16(13-18)15-3-2-4-17(19)11-15/h2-4,11,14,16,18,20H,5-10,12-13H2,1H3. The number of hydrogen-bond acceptors (Lipinski definition) is 2. The maximum atomic E-state index is 3.77. The highest BCUT2D eigenvalue weighted by Gasteiger charge is 2.30. The lowest BCUT2D eigenvalue weighted by atomic mass is 9.76. The van der Waals surface area contributed by atoms with E-state index in [1.165, 1.54) is 61.8 Å². The second kappa shape index (κ2) is 7.26. The van der Waals surface area contributed by atoms with Gasteiger partial charge in [0.15, 0.2) is 0 Å². The fraction of sp³-hybridized carbons (Fsp3) is 0.667. The Labute approximate surface area is 137 Å². The van der Waals surface area contributed by atoms with Crippen molar-refractivity contribution in [2.24, 2.45) is 5.92 Å². The first-order chi connectivity index (χ1) is 10.2. The normalized spacial score (nSPS) is 27.5. The van der Waals surface area contributed by atoms with Crippen molar-refractivity contribution in [3.8, 4) is 0 Å². The average Bonchev–Trinajstić information content (AvgIpc) is 2.43. The highest BCUT2D eigenvalue weighted by atomic mass is 79.9. The predicted octanol–water partition coefficient (Wildman–Crippen LogP) is 4.02. The first-order valence-corrected chi connectivity index (χ1v) is 9.17. The Morgan fingerprint density at radius 1 is 1.24 bits per heavy atom. The van der Waals surface area contributed by atoms with Gasteiger partial charge in [-0.25, -0.2) is 0 Å². The molecular weight excluding hydrogens is 324 g/mol. The van der Waals surface area contributed by atoms with Crippen LogP contribution in [0.4, 0.5) is 0 Å². The summed E-state index contributed by atoms with van der Waals surface area (Å²) in [5, 5.41) is 3.77. The van der Waals surface area contributed by atoms with E-state index in [-0.39, 0.29) is 0 Å². The van der Waals surface area contributed by atoms with Crippen molar-refractivity contribution in [1.82, 2.24) is 10.2 Å². The first kappa shape index (κ1) is 15.5. The van der Waals surface area contributed by atoms with Gasteiger partial charge in [0.25, 0.3) is 0 Å². The summed E-state index contributed by atoms with van der Waals surface area (Å²) in [6, 6.07) is 9.56. The molecule has 2 nitrogen and oxygen atoms in total. The summed E-state index contributed by atoms with van der Waals surface area (Å²) in [7, 11) is 2.24. The van der Waals surface area contributed by atoms with Gasteiger partial charge in [-0.3, -0.25) is 0 Å². The predicted molar refractivity (Wildman–Crippen MR) is 92.7 cm³/mol.